The van der Waals surface area contributed by atoms with Gasteiger partial charge in [0, 0.05) is 11.0 Å². The Balaban J connectivity index is 2.91. The molecule has 0 aliphatic rings. The molecule has 0 aliphatic heterocycles. The second kappa shape index (κ2) is 7.32. The van der Waals surface area contributed by atoms with Crippen LogP contribution in [0.3, 0.4) is 0 Å². The zero-order chi connectivity index (χ0) is 8.69. The third-order valence-electron chi connectivity index (χ3n) is 1.25. The summed E-state index contributed by atoms with van der Waals surface area (Å²) in [5, 5.41) is 0.541. The van der Waals surface area contributed by atoms with Gasteiger partial charge in [0.15, 0.2) is 0 Å². The summed E-state index contributed by atoms with van der Waals surface area (Å²) in [5.41, 5.74) is 0. The van der Waals surface area contributed by atoms with Gasteiger partial charge in [-0.25, -0.2) is 0 Å². The Labute approximate surface area is 80.3 Å². The van der Waals surface area contributed by atoms with Crippen LogP contribution >= 0.6 is 24.4 Å². The highest BCUT2D eigenvalue weighted by atomic mass is 32.2. The maximum Gasteiger partial charge on any atom is 0.00791 e. The molecule has 3 heteroatoms. The molecule has 0 bridgehead atoms. The van der Waals surface area contributed by atoms with Crippen molar-refractivity contribution in [2.75, 3.05) is 32.1 Å². The van der Waals surface area contributed by atoms with E-state index < -0.39 is 0 Å². The van der Waals surface area contributed by atoms with Crippen LogP contribution in [0.25, 0.3) is 0 Å². The average molecular weight is 193 g/mol. The normalized spacial score (nSPS) is 13.9. The van der Waals surface area contributed by atoms with Crippen molar-refractivity contribution in [1.82, 2.24) is 4.90 Å². The van der Waals surface area contributed by atoms with Crippen LogP contribution < -0.4 is 0 Å². The minimum Gasteiger partial charge on any atom is -0.309 e. The Morgan fingerprint density at radius 2 is 2.09 bits per heavy atom. The summed E-state index contributed by atoms with van der Waals surface area (Å²) in [6.45, 7) is 3.34. The molecular weight excluding hydrogens is 174 g/mol. The molecule has 0 aromatic rings. The zero-order valence-corrected chi connectivity index (χ0v) is 9.42. The summed E-state index contributed by atoms with van der Waals surface area (Å²) in [4.78, 5) is 2.23. The van der Waals surface area contributed by atoms with E-state index in [0.717, 1.165) is 0 Å². The van der Waals surface area contributed by atoms with Crippen molar-refractivity contribution in [2.24, 2.45) is 0 Å². The van der Waals surface area contributed by atoms with Crippen LogP contribution in [0.2, 0.25) is 0 Å². The van der Waals surface area contributed by atoms with Crippen molar-refractivity contribution in [2.45, 2.75) is 18.6 Å². The first-order chi connectivity index (χ1) is 5.13. The lowest BCUT2D eigenvalue weighted by atomic mass is 10.5. The van der Waals surface area contributed by atoms with E-state index in [9.17, 15) is 0 Å². The predicted molar refractivity (Wildman–Crippen MR) is 58.9 cm³/mol. The fourth-order valence-corrected chi connectivity index (χ4v) is 1.89. The standard InChI is InChI=1S/C8H19NS2/c1-8(10)7-11-6-4-5-9(2)3/h8,10H,4-7H2,1-3H3. The molecule has 0 radical (unpaired) electrons. The van der Waals surface area contributed by atoms with Gasteiger partial charge in [-0.05, 0) is 32.8 Å². The highest BCUT2D eigenvalue weighted by Crippen LogP contribution is 2.07. The first-order valence-electron chi connectivity index (χ1n) is 4.03. The second-order valence-electron chi connectivity index (χ2n) is 3.08. The molecule has 68 valence electrons. The molecule has 1 nitrogen and oxygen atoms in total. The van der Waals surface area contributed by atoms with E-state index in [-0.39, 0.29) is 0 Å². The van der Waals surface area contributed by atoms with Crippen LogP contribution in [0.4, 0.5) is 0 Å². The fraction of sp³-hybridized carbons (Fsp3) is 1.00. The van der Waals surface area contributed by atoms with Crippen molar-refractivity contribution in [1.29, 1.82) is 0 Å². The van der Waals surface area contributed by atoms with E-state index in [4.69, 9.17) is 0 Å². The average Bonchev–Trinajstić information content (AvgIpc) is 1.85. The first kappa shape index (κ1) is 11.7. The molecule has 11 heavy (non-hydrogen) atoms. The van der Waals surface area contributed by atoms with Crippen molar-refractivity contribution in [3.8, 4) is 0 Å². The molecule has 0 aliphatic carbocycles. The molecule has 0 heterocycles. The number of thiol groups is 1. The van der Waals surface area contributed by atoms with E-state index in [0.29, 0.717) is 5.25 Å². The summed E-state index contributed by atoms with van der Waals surface area (Å²) in [6, 6.07) is 0. The van der Waals surface area contributed by atoms with Gasteiger partial charge in [0.1, 0.15) is 0 Å². The number of thioether (sulfide) groups is 1. The van der Waals surface area contributed by atoms with Crippen LogP contribution in [0.1, 0.15) is 13.3 Å². The molecule has 0 amide bonds. The van der Waals surface area contributed by atoms with Crippen LogP contribution in [-0.2, 0) is 0 Å². The topological polar surface area (TPSA) is 3.24 Å². The van der Waals surface area contributed by atoms with Crippen LogP contribution in [0, 0.1) is 0 Å². The minimum atomic E-state index is 0.541. The van der Waals surface area contributed by atoms with Gasteiger partial charge in [0.2, 0.25) is 0 Å². The third kappa shape index (κ3) is 10.7. The molecule has 0 saturated heterocycles. The lowest BCUT2D eigenvalue weighted by Gasteiger charge is -2.08. The van der Waals surface area contributed by atoms with E-state index in [1.807, 2.05) is 11.8 Å². The maximum atomic E-state index is 4.31. The number of hydrogen-bond donors (Lipinski definition) is 1. The summed E-state index contributed by atoms with van der Waals surface area (Å²) in [7, 11) is 4.23. The highest BCUT2D eigenvalue weighted by Gasteiger charge is 1.95. The number of rotatable bonds is 6. The van der Waals surface area contributed by atoms with Crippen LogP contribution in [0.15, 0.2) is 0 Å². The first-order valence-corrected chi connectivity index (χ1v) is 5.70. The van der Waals surface area contributed by atoms with E-state index >= 15 is 0 Å². The Morgan fingerprint density at radius 1 is 1.45 bits per heavy atom. The molecule has 0 saturated carbocycles. The monoisotopic (exact) mass is 193 g/mol. The molecule has 0 aromatic carbocycles. The molecule has 0 N–H and O–H groups in total. The van der Waals surface area contributed by atoms with Gasteiger partial charge in [-0.3, -0.25) is 0 Å². The van der Waals surface area contributed by atoms with E-state index in [2.05, 4.69) is 38.5 Å². The number of hydrogen-bond acceptors (Lipinski definition) is 3. The van der Waals surface area contributed by atoms with Gasteiger partial charge in [0.05, 0.1) is 0 Å². The van der Waals surface area contributed by atoms with Gasteiger partial charge < -0.3 is 4.90 Å². The number of nitrogens with zero attached hydrogens (tertiary/aromatic N) is 1. The zero-order valence-electron chi connectivity index (χ0n) is 7.71. The third-order valence-corrected chi connectivity index (χ3v) is 3.00. The van der Waals surface area contributed by atoms with E-state index in [1.165, 1.54) is 24.5 Å². The predicted octanol–water partition coefficient (Wildman–Crippen LogP) is 1.99. The molecule has 0 spiro atoms. The fourth-order valence-electron chi connectivity index (χ4n) is 0.737. The summed E-state index contributed by atoms with van der Waals surface area (Å²) >= 11 is 6.31. The minimum absolute atomic E-state index is 0.541. The Hall–Kier alpha value is 0.660. The molecule has 0 aromatic heterocycles. The molecular formula is C8H19NS2. The van der Waals surface area contributed by atoms with Crippen LogP contribution in [0.5, 0.6) is 0 Å². The largest absolute Gasteiger partial charge is 0.309 e. The van der Waals surface area contributed by atoms with Gasteiger partial charge in [0.25, 0.3) is 0 Å². The second-order valence-corrected chi connectivity index (χ2v) is 5.11. The molecule has 1 unspecified atom stereocenters. The highest BCUT2D eigenvalue weighted by molar-refractivity contribution is 8.00. The van der Waals surface area contributed by atoms with Crippen molar-refractivity contribution in [3.05, 3.63) is 0 Å². The van der Waals surface area contributed by atoms with Gasteiger partial charge in [-0.1, -0.05) is 6.92 Å². The quantitative estimate of drug-likeness (QED) is 0.508. The van der Waals surface area contributed by atoms with E-state index in [1.54, 1.807) is 0 Å². The van der Waals surface area contributed by atoms with Gasteiger partial charge >= 0.3 is 0 Å². The van der Waals surface area contributed by atoms with Crippen molar-refractivity contribution >= 4 is 24.4 Å². The maximum absolute atomic E-state index is 4.31. The Kier molecular flexibility index (Phi) is 7.76. The molecule has 1 atom stereocenters. The van der Waals surface area contributed by atoms with Gasteiger partial charge in [-0.15, -0.1) is 0 Å². The molecule has 0 rings (SSSR count). The van der Waals surface area contributed by atoms with Crippen molar-refractivity contribution in [3.63, 3.8) is 0 Å². The van der Waals surface area contributed by atoms with Crippen molar-refractivity contribution < 1.29 is 0 Å². The Morgan fingerprint density at radius 3 is 2.55 bits per heavy atom. The lowest BCUT2D eigenvalue weighted by molar-refractivity contribution is 0.410. The SMILES string of the molecule is CC(S)CSCCCN(C)C. The Bertz CT molecular complexity index is 74.2. The smallest absolute Gasteiger partial charge is 0.00791 e. The van der Waals surface area contributed by atoms with Crippen LogP contribution in [-0.4, -0.2) is 42.3 Å². The summed E-state index contributed by atoms with van der Waals surface area (Å²) in [5.74, 6) is 2.44. The molecule has 0 fully saturated rings. The van der Waals surface area contributed by atoms with Gasteiger partial charge in [-0.2, -0.15) is 24.4 Å². The summed E-state index contributed by atoms with van der Waals surface area (Å²) in [6.07, 6.45) is 1.29. The summed E-state index contributed by atoms with van der Waals surface area (Å²) < 4.78 is 0. The lowest BCUT2D eigenvalue weighted by Crippen LogP contribution is -2.13.